The van der Waals surface area contributed by atoms with Crippen molar-refractivity contribution in [3.05, 3.63) is 40.6 Å². The summed E-state index contributed by atoms with van der Waals surface area (Å²) in [5, 5.41) is 11.7. The Morgan fingerprint density at radius 1 is 1.23 bits per heavy atom. The third-order valence-corrected chi connectivity index (χ3v) is 4.98. The van der Waals surface area contributed by atoms with Gasteiger partial charge in [0.2, 0.25) is 6.41 Å². The molecule has 1 aliphatic heterocycles. The normalized spacial score (nSPS) is 13.4. The van der Waals surface area contributed by atoms with Gasteiger partial charge >= 0.3 is 12.1 Å². The molecule has 8 heteroatoms. The van der Waals surface area contributed by atoms with Gasteiger partial charge in [0.15, 0.2) is 0 Å². The molecule has 1 aromatic carbocycles. The van der Waals surface area contributed by atoms with E-state index in [2.05, 4.69) is 5.32 Å². The van der Waals surface area contributed by atoms with E-state index in [-0.39, 0.29) is 12.5 Å². The van der Waals surface area contributed by atoms with Crippen LogP contribution in [0, 0.1) is 0 Å². The van der Waals surface area contributed by atoms with E-state index < -0.39 is 5.97 Å². The van der Waals surface area contributed by atoms with Gasteiger partial charge in [0.25, 0.3) is 0 Å². The smallest absolute Gasteiger partial charge is 0.410 e. The zero-order chi connectivity index (χ0) is 21.9. The average Bonchev–Trinajstić information content (AvgIpc) is 2.75. The fourth-order valence-electron chi connectivity index (χ4n) is 3.40. The van der Waals surface area contributed by atoms with Crippen molar-refractivity contribution < 1.29 is 29.0 Å². The Balaban J connectivity index is 2.18. The molecule has 164 valence electrons. The lowest BCUT2D eigenvalue weighted by Crippen LogP contribution is -2.37. The number of fused-ring (bicyclic) bond motifs is 1. The number of ether oxygens (including phenoxy) is 2. The molecule has 2 rings (SSSR count). The minimum Gasteiger partial charge on any atom is -0.493 e. The van der Waals surface area contributed by atoms with Crippen LogP contribution < -0.4 is 10.1 Å². The quantitative estimate of drug-likeness (QED) is 0.535. The van der Waals surface area contributed by atoms with Gasteiger partial charge in [0.05, 0.1) is 13.2 Å². The summed E-state index contributed by atoms with van der Waals surface area (Å²) >= 11 is 0. The van der Waals surface area contributed by atoms with Crippen molar-refractivity contribution in [2.24, 2.45) is 0 Å². The lowest BCUT2D eigenvalue weighted by Gasteiger charge is -2.31. The van der Waals surface area contributed by atoms with E-state index in [9.17, 15) is 14.4 Å². The number of carbonyl (C=O) groups is 3. The average molecular weight is 418 g/mol. The van der Waals surface area contributed by atoms with E-state index in [0.717, 1.165) is 34.6 Å². The van der Waals surface area contributed by atoms with Crippen LogP contribution in [-0.4, -0.2) is 48.2 Å². The Morgan fingerprint density at radius 2 is 2.03 bits per heavy atom. The van der Waals surface area contributed by atoms with Gasteiger partial charge in [-0.1, -0.05) is 19.1 Å². The maximum Gasteiger partial charge on any atom is 0.410 e. The third-order valence-electron chi connectivity index (χ3n) is 4.98. The number of aliphatic carboxylic acids is 1. The summed E-state index contributed by atoms with van der Waals surface area (Å²) in [5.74, 6) is -0.132. The van der Waals surface area contributed by atoms with E-state index in [1.807, 2.05) is 32.1 Å². The predicted octanol–water partition coefficient (Wildman–Crippen LogP) is 3.03. The van der Waals surface area contributed by atoms with Crippen LogP contribution in [-0.2, 0) is 33.7 Å². The van der Waals surface area contributed by atoms with E-state index in [1.54, 1.807) is 4.90 Å². The van der Waals surface area contributed by atoms with E-state index >= 15 is 0 Å². The number of carboxylic acids is 1. The van der Waals surface area contributed by atoms with Crippen molar-refractivity contribution in [1.82, 2.24) is 10.2 Å². The number of nitrogens with one attached hydrogen (secondary N) is 1. The molecule has 0 atom stereocenters. The number of carbonyl (C=O) groups excluding carboxylic acids is 2. The highest BCUT2D eigenvalue weighted by Gasteiger charge is 2.26. The van der Waals surface area contributed by atoms with Gasteiger partial charge in [0, 0.05) is 37.2 Å². The highest BCUT2D eigenvalue weighted by Crippen LogP contribution is 2.32. The molecule has 2 amide bonds. The standard InChI is InChI=1S/C22H30N2O6/c1-3-12-30-22(28)24-11-9-18-19(14-24)16(6-8-21(26)27)5-7-20(18)29-13-10-17(4-2)23-15-25/h4-5,7,15H,3,6,8-14H2,1-2H3,(H,23,25)(H,26,27)/b17-4+. The Kier molecular flexibility index (Phi) is 9.18. The minimum absolute atomic E-state index is 0.0228. The topological polar surface area (TPSA) is 105 Å². The van der Waals surface area contributed by atoms with Crippen LogP contribution in [0.2, 0.25) is 0 Å². The molecule has 1 aromatic rings. The van der Waals surface area contributed by atoms with Crippen LogP contribution >= 0.6 is 0 Å². The summed E-state index contributed by atoms with van der Waals surface area (Å²) in [6, 6.07) is 3.74. The van der Waals surface area contributed by atoms with Crippen LogP contribution in [0.3, 0.4) is 0 Å². The van der Waals surface area contributed by atoms with E-state index in [1.165, 1.54) is 0 Å². The molecule has 0 aliphatic carbocycles. The number of hydrogen-bond donors (Lipinski definition) is 2. The van der Waals surface area contributed by atoms with Crippen molar-refractivity contribution >= 4 is 18.5 Å². The summed E-state index contributed by atoms with van der Waals surface area (Å²) in [4.78, 5) is 35.6. The van der Waals surface area contributed by atoms with Crippen molar-refractivity contribution in [2.45, 2.75) is 52.5 Å². The Bertz CT molecular complexity index is 790. The fraction of sp³-hybridized carbons (Fsp3) is 0.500. The molecule has 2 N–H and O–H groups in total. The van der Waals surface area contributed by atoms with Crippen molar-refractivity contribution in [3.63, 3.8) is 0 Å². The fourth-order valence-corrected chi connectivity index (χ4v) is 3.40. The number of amides is 2. The second-order valence-electron chi connectivity index (χ2n) is 7.03. The number of nitrogens with zero attached hydrogens (tertiary/aromatic N) is 1. The largest absolute Gasteiger partial charge is 0.493 e. The molecule has 30 heavy (non-hydrogen) atoms. The van der Waals surface area contributed by atoms with Gasteiger partial charge in [-0.25, -0.2) is 4.79 Å². The monoisotopic (exact) mass is 418 g/mol. The van der Waals surface area contributed by atoms with Crippen LogP contribution in [0.15, 0.2) is 23.9 Å². The van der Waals surface area contributed by atoms with Gasteiger partial charge in [-0.2, -0.15) is 0 Å². The van der Waals surface area contributed by atoms with Gasteiger partial charge in [0.1, 0.15) is 5.75 Å². The van der Waals surface area contributed by atoms with Crippen LogP contribution in [0.5, 0.6) is 5.75 Å². The van der Waals surface area contributed by atoms with Crippen LogP contribution in [0.1, 0.15) is 49.8 Å². The molecule has 0 spiro atoms. The Labute approximate surface area is 176 Å². The first-order valence-corrected chi connectivity index (χ1v) is 10.2. The molecule has 8 nitrogen and oxygen atoms in total. The molecule has 0 radical (unpaired) electrons. The maximum absolute atomic E-state index is 12.3. The van der Waals surface area contributed by atoms with Crippen molar-refractivity contribution in [3.8, 4) is 5.75 Å². The number of allylic oxidation sites excluding steroid dienone is 1. The first-order valence-electron chi connectivity index (χ1n) is 10.2. The van der Waals surface area contributed by atoms with Gasteiger partial charge in [-0.15, -0.1) is 0 Å². The van der Waals surface area contributed by atoms with Gasteiger partial charge in [-0.05, 0) is 43.4 Å². The number of aryl methyl sites for hydroxylation is 1. The molecule has 0 saturated carbocycles. The van der Waals surface area contributed by atoms with E-state index in [0.29, 0.717) is 52.0 Å². The summed E-state index contributed by atoms with van der Waals surface area (Å²) < 4.78 is 11.2. The maximum atomic E-state index is 12.3. The zero-order valence-electron chi connectivity index (χ0n) is 17.6. The molecule has 0 unspecified atom stereocenters. The summed E-state index contributed by atoms with van der Waals surface area (Å²) in [6.07, 6.45) is 4.44. The van der Waals surface area contributed by atoms with Crippen LogP contribution in [0.4, 0.5) is 4.79 Å². The van der Waals surface area contributed by atoms with Crippen molar-refractivity contribution in [1.29, 1.82) is 0 Å². The lowest BCUT2D eigenvalue weighted by atomic mass is 9.92. The lowest BCUT2D eigenvalue weighted by molar-refractivity contribution is -0.137. The summed E-state index contributed by atoms with van der Waals surface area (Å²) in [6.45, 7) is 5.44. The number of hydrogen-bond acceptors (Lipinski definition) is 5. The molecular weight excluding hydrogens is 388 g/mol. The van der Waals surface area contributed by atoms with Crippen LogP contribution in [0.25, 0.3) is 0 Å². The summed E-state index contributed by atoms with van der Waals surface area (Å²) in [5.41, 5.74) is 3.62. The molecule has 0 aromatic heterocycles. The summed E-state index contributed by atoms with van der Waals surface area (Å²) in [7, 11) is 0. The first kappa shape index (κ1) is 23.3. The first-order chi connectivity index (χ1) is 14.5. The van der Waals surface area contributed by atoms with Crippen molar-refractivity contribution in [2.75, 3.05) is 19.8 Å². The number of benzene rings is 1. The SMILES string of the molecule is C/C=C(\CCOc1ccc(CCC(=O)O)c2c1CCN(C(=O)OCCC)C2)NC=O. The van der Waals surface area contributed by atoms with Gasteiger partial charge in [-0.3, -0.25) is 9.59 Å². The second-order valence-corrected chi connectivity index (χ2v) is 7.03. The highest BCUT2D eigenvalue weighted by atomic mass is 16.6. The zero-order valence-corrected chi connectivity index (χ0v) is 17.6. The molecular formula is C22H30N2O6. The molecule has 1 aliphatic rings. The molecule has 0 saturated heterocycles. The minimum atomic E-state index is -0.861. The number of rotatable bonds is 11. The highest BCUT2D eigenvalue weighted by molar-refractivity contribution is 5.69. The Hall–Kier alpha value is -3.03. The molecule has 0 bridgehead atoms. The molecule has 0 fully saturated rings. The van der Waals surface area contributed by atoms with Gasteiger partial charge < -0.3 is 24.8 Å². The predicted molar refractivity (Wildman–Crippen MR) is 111 cm³/mol. The molecule has 1 heterocycles. The second kappa shape index (κ2) is 11.8. The van der Waals surface area contributed by atoms with E-state index in [4.69, 9.17) is 14.6 Å². The Morgan fingerprint density at radius 3 is 2.70 bits per heavy atom. The third kappa shape index (κ3) is 6.50. The number of carboxylic acid groups (broad SMARTS) is 1.